The fraction of sp³-hybridized carbons (Fsp3) is 0.519. The van der Waals surface area contributed by atoms with Crippen LogP contribution in [0.15, 0.2) is 24.3 Å². The number of carboxylic acids is 1. The van der Waals surface area contributed by atoms with Crippen LogP contribution in [-0.4, -0.2) is 95.5 Å². The van der Waals surface area contributed by atoms with Crippen molar-refractivity contribution in [2.75, 3.05) is 19.6 Å². The van der Waals surface area contributed by atoms with Crippen molar-refractivity contribution in [2.45, 2.75) is 69.1 Å². The van der Waals surface area contributed by atoms with E-state index in [4.69, 9.17) is 16.9 Å². The molecule has 1 aromatic carbocycles. The molecule has 1 aromatic rings. The first kappa shape index (κ1) is 35.3. The number of unbranched alkanes of at least 4 members (excludes halogenated alkanes) is 1. The summed E-state index contributed by atoms with van der Waals surface area (Å²) in [5.41, 5.74) is 11.4. The van der Waals surface area contributed by atoms with Gasteiger partial charge in [0.1, 0.15) is 29.9 Å². The lowest BCUT2D eigenvalue weighted by Crippen LogP contribution is -2.58. The van der Waals surface area contributed by atoms with Gasteiger partial charge in [0.2, 0.25) is 29.5 Å². The molecule has 13 N–H and O–H groups in total. The minimum Gasteiger partial charge on any atom is -0.508 e. The monoisotopic (exact) mass is 619 g/mol. The molecule has 17 nitrogen and oxygen atoms in total. The molecule has 0 bridgehead atoms. The van der Waals surface area contributed by atoms with Gasteiger partial charge >= 0.3 is 5.97 Å². The highest BCUT2D eigenvalue weighted by molar-refractivity contribution is 5.98. The smallest absolute Gasteiger partial charge is 0.305 e. The number of carbonyl (C=O) groups is 6. The SMILES string of the molecule is N=C(N)NCCC[C@@H]1NC(=O)C(CCCCN)NC(=O)[C@@H](Cc2ccc(O)cc2)NC(=O)[C@H](CC(=O)O)NC(=O)CNC1=O. The van der Waals surface area contributed by atoms with Crippen LogP contribution in [0.3, 0.4) is 0 Å². The van der Waals surface area contributed by atoms with Crippen molar-refractivity contribution in [3.8, 4) is 5.75 Å². The van der Waals surface area contributed by atoms with Gasteiger partial charge in [0.15, 0.2) is 5.96 Å². The van der Waals surface area contributed by atoms with E-state index >= 15 is 0 Å². The third kappa shape index (κ3) is 12.5. The van der Waals surface area contributed by atoms with Crippen LogP contribution in [0.5, 0.6) is 5.75 Å². The molecule has 242 valence electrons. The number of hydrogen-bond donors (Lipinski definition) is 11. The molecule has 0 radical (unpaired) electrons. The van der Waals surface area contributed by atoms with Crippen LogP contribution in [0.4, 0.5) is 0 Å². The lowest BCUT2D eigenvalue weighted by molar-refractivity contribution is -0.141. The summed E-state index contributed by atoms with van der Waals surface area (Å²) in [4.78, 5) is 77.3. The van der Waals surface area contributed by atoms with Gasteiger partial charge in [-0.25, -0.2) is 0 Å². The largest absolute Gasteiger partial charge is 0.508 e. The third-order valence-electron chi connectivity index (χ3n) is 6.66. The molecule has 2 rings (SSSR count). The highest BCUT2D eigenvalue weighted by atomic mass is 16.4. The highest BCUT2D eigenvalue weighted by Crippen LogP contribution is 2.13. The van der Waals surface area contributed by atoms with E-state index in [-0.39, 0.29) is 37.5 Å². The third-order valence-corrected chi connectivity index (χ3v) is 6.66. The Morgan fingerprint density at radius 1 is 0.841 bits per heavy atom. The number of phenols is 1. The molecule has 1 aliphatic rings. The van der Waals surface area contributed by atoms with Crippen LogP contribution in [0.25, 0.3) is 0 Å². The van der Waals surface area contributed by atoms with Crippen molar-refractivity contribution in [3.05, 3.63) is 29.8 Å². The van der Waals surface area contributed by atoms with Gasteiger partial charge in [0, 0.05) is 13.0 Å². The minimum atomic E-state index is -1.59. The zero-order valence-corrected chi connectivity index (χ0v) is 24.2. The number of aliphatic carboxylic acids is 1. The van der Waals surface area contributed by atoms with Crippen LogP contribution >= 0.6 is 0 Å². The zero-order chi connectivity index (χ0) is 32.6. The number of nitrogens with one attached hydrogen (secondary N) is 7. The summed E-state index contributed by atoms with van der Waals surface area (Å²) in [6, 6.07) is 0.616. The molecule has 17 heteroatoms. The van der Waals surface area contributed by atoms with Crippen molar-refractivity contribution < 1.29 is 39.0 Å². The van der Waals surface area contributed by atoms with Gasteiger partial charge in [0.25, 0.3) is 0 Å². The molecule has 1 unspecified atom stereocenters. The molecule has 1 fully saturated rings. The van der Waals surface area contributed by atoms with Gasteiger partial charge in [0.05, 0.1) is 13.0 Å². The molecular formula is C27H41N9O8. The fourth-order valence-corrected chi connectivity index (χ4v) is 4.37. The molecule has 4 atom stereocenters. The number of amides is 5. The summed E-state index contributed by atoms with van der Waals surface area (Å²) in [6.45, 7) is -0.0773. The fourth-order valence-electron chi connectivity index (χ4n) is 4.37. The van der Waals surface area contributed by atoms with Crippen LogP contribution in [0.1, 0.15) is 44.1 Å². The molecular weight excluding hydrogens is 578 g/mol. The second kappa shape index (κ2) is 17.9. The lowest BCUT2D eigenvalue weighted by atomic mass is 10.0. The molecule has 0 saturated carbocycles. The van der Waals surface area contributed by atoms with E-state index in [1.807, 2.05) is 0 Å². The number of nitrogens with two attached hydrogens (primary N) is 2. The van der Waals surface area contributed by atoms with E-state index in [0.29, 0.717) is 31.4 Å². The van der Waals surface area contributed by atoms with Gasteiger partial charge < -0.3 is 53.6 Å². The van der Waals surface area contributed by atoms with Gasteiger partial charge in [-0.3, -0.25) is 34.2 Å². The van der Waals surface area contributed by atoms with E-state index in [1.165, 1.54) is 24.3 Å². The van der Waals surface area contributed by atoms with E-state index < -0.39 is 72.6 Å². The maximum atomic E-state index is 13.6. The maximum absolute atomic E-state index is 13.6. The first-order valence-corrected chi connectivity index (χ1v) is 14.2. The first-order chi connectivity index (χ1) is 20.9. The second-order valence-electron chi connectivity index (χ2n) is 10.3. The summed E-state index contributed by atoms with van der Waals surface area (Å²) in [5.74, 6) is -5.75. The summed E-state index contributed by atoms with van der Waals surface area (Å²) in [6.07, 6.45) is 0.592. The summed E-state index contributed by atoms with van der Waals surface area (Å²) in [7, 11) is 0. The average molecular weight is 620 g/mol. The Balaban J connectivity index is 2.44. The highest BCUT2D eigenvalue weighted by Gasteiger charge is 2.33. The number of carbonyl (C=O) groups excluding carboxylic acids is 5. The van der Waals surface area contributed by atoms with E-state index in [2.05, 4.69) is 31.9 Å². The second-order valence-corrected chi connectivity index (χ2v) is 10.3. The number of carboxylic acid groups (broad SMARTS) is 1. The maximum Gasteiger partial charge on any atom is 0.305 e. The van der Waals surface area contributed by atoms with Gasteiger partial charge in [-0.05, 0) is 56.3 Å². The number of phenolic OH excluding ortho intramolecular Hbond substituents is 1. The lowest BCUT2D eigenvalue weighted by Gasteiger charge is -2.26. The van der Waals surface area contributed by atoms with E-state index in [1.54, 1.807) is 0 Å². The topological polar surface area (TPSA) is 291 Å². The van der Waals surface area contributed by atoms with Crippen LogP contribution < -0.4 is 43.4 Å². The number of guanidine groups is 1. The van der Waals surface area contributed by atoms with Crippen molar-refractivity contribution in [2.24, 2.45) is 11.5 Å². The predicted octanol–water partition coefficient (Wildman–Crippen LogP) is -3.13. The van der Waals surface area contributed by atoms with Crippen molar-refractivity contribution in [1.29, 1.82) is 5.41 Å². The average Bonchev–Trinajstić information content (AvgIpc) is 2.96. The summed E-state index contributed by atoms with van der Waals surface area (Å²) < 4.78 is 0. The van der Waals surface area contributed by atoms with E-state index in [9.17, 15) is 39.0 Å². The van der Waals surface area contributed by atoms with E-state index in [0.717, 1.165) is 0 Å². The van der Waals surface area contributed by atoms with Gasteiger partial charge in [-0.15, -0.1) is 0 Å². The first-order valence-electron chi connectivity index (χ1n) is 14.2. The van der Waals surface area contributed by atoms with Crippen molar-refractivity contribution in [1.82, 2.24) is 31.9 Å². The number of aromatic hydroxyl groups is 1. The van der Waals surface area contributed by atoms with Crippen LogP contribution in [0.2, 0.25) is 0 Å². The van der Waals surface area contributed by atoms with Crippen LogP contribution in [-0.2, 0) is 35.2 Å². The Hall–Kier alpha value is -4.93. The molecule has 1 aliphatic heterocycles. The Kier molecular flexibility index (Phi) is 14.3. The predicted molar refractivity (Wildman–Crippen MR) is 157 cm³/mol. The van der Waals surface area contributed by atoms with Gasteiger partial charge in [-0.1, -0.05) is 12.1 Å². The number of benzene rings is 1. The molecule has 1 heterocycles. The number of rotatable bonds is 12. The molecule has 0 spiro atoms. The van der Waals surface area contributed by atoms with Crippen molar-refractivity contribution >= 4 is 41.5 Å². The normalized spacial score (nSPS) is 21.8. The summed E-state index contributed by atoms with van der Waals surface area (Å²) in [5, 5.41) is 41.2. The Bertz CT molecular complexity index is 1190. The molecule has 5 amide bonds. The molecule has 0 aromatic heterocycles. The minimum absolute atomic E-state index is 0.0278. The molecule has 0 aliphatic carbocycles. The Labute approximate surface area is 253 Å². The van der Waals surface area contributed by atoms with Crippen molar-refractivity contribution in [3.63, 3.8) is 0 Å². The molecule has 1 saturated heterocycles. The Morgan fingerprint density at radius 2 is 1.41 bits per heavy atom. The van der Waals surface area contributed by atoms with Crippen LogP contribution in [0, 0.1) is 5.41 Å². The molecule has 44 heavy (non-hydrogen) atoms. The van der Waals surface area contributed by atoms with Gasteiger partial charge in [-0.2, -0.15) is 0 Å². The quantitative estimate of drug-likeness (QED) is 0.0631. The Morgan fingerprint density at radius 3 is 2.02 bits per heavy atom. The number of hydrogen-bond acceptors (Lipinski definition) is 9. The summed E-state index contributed by atoms with van der Waals surface area (Å²) >= 11 is 0. The zero-order valence-electron chi connectivity index (χ0n) is 24.2. The standard InChI is InChI=1S/C27H41N9O8/c28-10-2-1-4-18-24(42)34-17(5-3-11-31-27(29)30)23(41)32-14-21(38)33-20(13-22(39)40)26(44)36-19(25(43)35-18)12-15-6-8-16(37)9-7-15/h6-9,17-20,37H,1-5,10-14,28H2,(H,32,41)(H,33,38)(H,34,42)(H,35,43)(H,36,44)(H,39,40)(H4,29,30,31)/t17-,18?,19+,20-/m0/s1.